The van der Waals surface area contributed by atoms with Gasteiger partial charge >= 0.3 is 0 Å². The molecule has 0 atom stereocenters. The summed E-state index contributed by atoms with van der Waals surface area (Å²) in [6, 6.07) is 15.7. The number of benzene rings is 3. The van der Waals surface area contributed by atoms with Gasteiger partial charge in [-0.3, -0.25) is 14.3 Å². The predicted molar refractivity (Wildman–Crippen MR) is 140 cm³/mol. The number of amides is 2. The molecule has 0 spiro atoms. The van der Waals surface area contributed by atoms with Gasteiger partial charge in [0.25, 0.3) is 21.8 Å². The molecule has 184 valence electrons. The van der Waals surface area contributed by atoms with E-state index in [4.69, 9.17) is 11.6 Å². The van der Waals surface area contributed by atoms with Crippen molar-refractivity contribution in [1.29, 1.82) is 0 Å². The molecule has 0 aliphatic heterocycles. The third-order valence-electron chi connectivity index (χ3n) is 5.15. The van der Waals surface area contributed by atoms with E-state index in [2.05, 4.69) is 15.4 Å². The SMILES string of the molecule is Cc1ccc(NS(=O)(=O)c2cc(C(=O)Nc3ccccc3C(=O)NC(C)(C)C)ccc2Cl)cc1C. The Morgan fingerprint density at radius 1 is 0.857 bits per heavy atom. The lowest BCUT2D eigenvalue weighted by molar-refractivity contribution is 0.0920. The summed E-state index contributed by atoms with van der Waals surface area (Å²) < 4.78 is 28.6. The Morgan fingerprint density at radius 3 is 2.20 bits per heavy atom. The van der Waals surface area contributed by atoms with Crippen LogP contribution >= 0.6 is 11.6 Å². The van der Waals surface area contributed by atoms with Gasteiger partial charge in [-0.1, -0.05) is 29.8 Å². The van der Waals surface area contributed by atoms with Gasteiger partial charge in [-0.15, -0.1) is 0 Å². The van der Waals surface area contributed by atoms with Gasteiger partial charge in [-0.2, -0.15) is 0 Å². The second-order valence-corrected chi connectivity index (χ2v) is 11.3. The third-order valence-corrected chi connectivity index (χ3v) is 7.01. The molecule has 0 aliphatic rings. The minimum atomic E-state index is -4.07. The van der Waals surface area contributed by atoms with Crippen LogP contribution in [0.2, 0.25) is 5.02 Å². The summed E-state index contributed by atoms with van der Waals surface area (Å²) >= 11 is 6.19. The first-order chi connectivity index (χ1) is 16.3. The minimum Gasteiger partial charge on any atom is -0.347 e. The van der Waals surface area contributed by atoms with Crippen molar-refractivity contribution >= 4 is 44.8 Å². The van der Waals surface area contributed by atoms with Gasteiger partial charge in [0.15, 0.2) is 0 Å². The highest BCUT2D eigenvalue weighted by Crippen LogP contribution is 2.27. The van der Waals surface area contributed by atoms with Gasteiger partial charge in [0.1, 0.15) is 4.90 Å². The Morgan fingerprint density at radius 2 is 1.54 bits per heavy atom. The van der Waals surface area contributed by atoms with E-state index in [1.165, 1.54) is 18.2 Å². The fourth-order valence-electron chi connectivity index (χ4n) is 3.26. The van der Waals surface area contributed by atoms with Crippen molar-refractivity contribution in [2.75, 3.05) is 10.0 Å². The second-order valence-electron chi connectivity index (χ2n) is 9.25. The van der Waals surface area contributed by atoms with Crippen molar-refractivity contribution in [3.63, 3.8) is 0 Å². The average Bonchev–Trinajstić information content (AvgIpc) is 2.75. The first kappa shape index (κ1) is 26.2. The number of halogens is 1. The number of rotatable bonds is 6. The fourth-order valence-corrected chi connectivity index (χ4v) is 4.83. The largest absolute Gasteiger partial charge is 0.347 e. The van der Waals surface area contributed by atoms with Gasteiger partial charge in [0.05, 0.1) is 16.3 Å². The molecular weight excluding hydrogens is 486 g/mol. The molecule has 0 bridgehead atoms. The molecule has 3 aromatic rings. The van der Waals surface area contributed by atoms with Crippen molar-refractivity contribution in [3.05, 3.63) is 87.9 Å². The number of para-hydroxylation sites is 1. The molecule has 0 aromatic heterocycles. The lowest BCUT2D eigenvalue weighted by Gasteiger charge is -2.21. The number of carbonyl (C=O) groups excluding carboxylic acids is 2. The normalized spacial score (nSPS) is 11.6. The summed E-state index contributed by atoms with van der Waals surface area (Å²) in [6.45, 7) is 9.37. The Labute approximate surface area is 211 Å². The molecule has 35 heavy (non-hydrogen) atoms. The number of hydrogen-bond acceptors (Lipinski definition) is 4. The van der Waals surface area contributed by atoms with Crippen LogP contribution in [0.5, 0.6) is 0 Å². The van der Waals surface area contributed by atoms with Crippen LogP contribution in [0.1, 0.15) is 52.6 Å². The van der Waals surface area contributed by atoms with Gasteiger partial charge in [-0.25, -0.2) is 8.42 Å². The van der Waals surface area contributed by atoms with Crippen LogP contribution in [0.3, 0.4) is 0 Å². The van der Waals surface area contributed by atoms with Crippen LogP contribution in [-0.2, 0) is 10.0 Å². The standard InChI is InChI=1S/C26H28ClN3O4S/c1-16-10-12-19(14-17(16)2)30-35(33,34)23-15-18(11-13-21(23)27)24(31)28-22-9-7-6-8-20(22)25(32)29-26(3,4)5/h6-15,30H,1-5H3,(H,28,31)(H,29,32). The molecule has 2 amide bonds. The zero-order valence-corrected chi connectivity index (χ0v) is 21.8. The van der Waals surface area contributed by atoms with E-state index in [-0.39, 0.29) is 27.0 Å². The predicted octanol–water partition coefficient (Wildman–Crippen LogP) is 5.54. The molecule has 0 unspecified atom stereocenters. The molecule has 0 fully saturated rings. The maximum atomic E-state index is 13.0. The number of carbonyl (C=O) groups is 2. The van der Waals surface area contributed by atoms with Crippen molar-refractivity contribution < 1.29 is 18.0 Å². The van der Waals surface area contributed by atoms with E-state index < -0.39 is 21.5 Å². The maximum absolute atomic E-state index is 13.0. The molecule has 0 saturated heterocycles. The zero-order chi connectivity index (χ0) is 26.0. The van der Waals surface area contributed by atoms with Crippen molar-refractivity contribution in [3.8, 4) is 0 Å². The molecule has 3 rings (SSSR count). The Bertz CT molecular complexity index is 1400. The fraction of sp³-hybridized carbons (Fsp3) is 0.231. The van der Waals surface area contributed by atoms with E-state index in [0.717, 1.165) is 11.1 Å². The summed E-state index contributed by atoms with van der Waals surface area (Å²) in [5, 5.41) is 5.53. The van der Waals surface area contributed by atoms with Crippen LogP contribution in [0.4, 0.5) is 11.4 Å². The van der Waals surface area contributed by atoms with Crippen LogP contribution in [0, 0.1) is 13.8 Å². The quantitative estimate of drug-likeness (QED) is 0.402. The minimum absolute atomic E-state index is 0.0251. The van der Waals surface area contributed by atoms with Gasteiger partial charge in [0.2, 0.25) is 0 Å². The lowest BCUT2D eigenvalue weighted by atomic mass is 10.1. The lowest BCUT2D eigenvalue weighted by Crippen LogP contribution is -2.40. The summed E-state index contributed by atoms with van der Waals surface area (Å²) in [7, 11) is -4.07. The highest BCUT2D eigenvalue weighted by atomic mass is 35.5. The zero-order valence-electron chi connectivity index (χ0n) is 20.2. The smallest absolute Gasteiger partial charge is 0.263 e. The van der Waals surface area contributed by atoms with E-state index >= 15 is 0 Å². The summed E-state index contributed by atoms with van der Waals surface area (Å²) in [4.78, 5) is 25.5. The molecule has 3 N–H and O–H groups in total. The molecule has 0 heterocycles. The number of sulfonamides is 1. The van der Waals surface area contributed by atoms with Crippen LogP contribution in [-0.4, -0.2) is 25.8 Å². The third kappa shape index (κ3) is 6.61. The number of nitrogens with one attached hydrogen (secondary N) is 3. The highest BCUT2D eigenvalue weighted by molar-refractivity contribution is 7.92. The van der Waals surface area contributed by atoms with E-state index in [9.17, 15) is 18.0 Å². The van der Waals surface area contributed by atoms with Crippen LogP contribution in [0.25, 0.3) is 0 Å². The Balaban J connectivity index is 1.88. The van der Waals surface area contributed by atoms with Gasteiger partial charge in [-0.05, 0) is 88.2 Å². The van der Waals surface area contributed by atoms with E-state index in [0.29, 0.717) is 11.4 Å². The highest BCUT2D eigenvalue weighted by Gasteiger charge is 2.22. The van der Waals surface area contributed by atoms with E-state index in [1.54, 1.807) is 36.4 Å². The van der Waals surface area contributed by atoms with Crippen molar-refractivity contribution in [2.45, 2.75) is 45.1 Å². The molecule has 0 radical (unpaired) electrons. The van der Waals surface area contributed by atoms with Gasteiger partial charge in [0, 0.05) is 16.8 Å². The summed E-state index contributed by atoms with van der Waals surface area (Å²) in [5.41, 5.74) is 2.54. The molecule has 3 aromatic carbocycles. The average molecular weight is 514 g/mol. The topological polar surface area (TPSA) is 104 Å². The Kier molecular flexibility index (Phi) is 7.57. The summed E-state index contributed by atoms with van der Waals surface area (Å²) in [5.74, 6) is -0.925. The molecule has 0 saturated carbocycles. The molecule has 9 heteroatoms. The van der Waals surface area contributed by atoms with Crippen molar-refractivity contribution in [1.82, 2.24) is 5.32 Å². The van der Waals surface area contributed by atoms with Crippen LogP contribution in [0.15, 0.2) is 65.6 Å². The van der Waals surface area contributed by atoms with E-state index in [1.807, 2.05) is 40.7 Å². The number of hydrogen-bond donors (Lipinski definition) is 3. The molecule has 7 nitrogen and oxygen atoms in total. The monoisotopic (exact) mass is 513 g/mol. The maximum Gasteiger partial charge on any atom is 0.263 e. The van der Waals surface area contributed by atoms with Gasteiger partial charge < -0.3 is 10.6 Å². The molecule has 0 aliphatic carbocycles. The van der Waals surface area contributed by atoms with Crippen molar-refractivity contribution in [2.24, 2.45) is 0 Å². The number of anilines is 2. The molecular formula is C26H28ClN3O4S. The summed E-state index contributed by atoms with van der Waals surface area (Å²) in [6.07, 6.45) is 0. The Hall–Kier alpha value is -3.36. The second kappa shape index (κ2) is 10.1. The number of aryl methyl sites for hydroxylation is 2. The first-order valence-electron chi connectivity index (χ1n) is 10.9. The first-order valence-corrected chi connectivity index (χ1v) is 12.8. The van der Waals surface area contributed by atoms with Crippen LogP contribution < -0.4 is 15.4 Å².